The number of benzene rings is 1. The number of carbonyl (C=O) groups is 1. The highest BCUT2D eigenvalue weighted by atomic mass is 16.1. The molecule has 1 heterocycles. The van der Waals surface area contributed by atoms with Crippen LogP contribution in [-0.4, -0.2) is 10.8 Å². The average molecular weight is 215 g/mol. The van der Waals surface area contributed by atoms with Crippen molar-refractivity contribution in [2.75, 3.05) is 0 Å². The number of hydrogen-bond acceptors (Lipinski definition) is 1. The van der Waals surface area contributed by atoms with E-state index in [-0.39, 0.29) is 11.7 Å². The van der Waals surface area contributed by atoms with Crippen LogP contribution in [0.2, 0.25) is 0 Å². The summed E-state index contributed by atoms with van der Waals surface area (Å²) in [4.78, 5) is 15.4. The maximum Gasteiger partial charge on any atom is 0.167 e. The number of fused-ring (bicyclic) bond motifs is 1. The van der Waals surface area contributed by atoms with Crippen molar-refractivity contribution in [1.82, 2.24) is 4.98 Å². The number of carbonyl (C=O) groups excluding carboxylic acids is 1. The third-order valence-corrected chi connectivity index (χ3v) is 3.00. The molecular formula is C14H17NO. The number of aromatic amines is 1. The molecule has 0 aliphatic carbocycles. The summed E-state index contributed by atoms with van der Waals surface area (Å²) in [5.74, 6) is 0.257. The van der Waals surface area contributed by atoms with Gasteiger partial charge in [-0.2, -0.15) is 0 Å². The molecule has 0 saturated heterocycles. The lowest BCUT2D eigenvalue weighted by Gasteiger charge is -2.04. The Morgan fingerprint density at radius 2 is 1.94 bits per heavy atom. The molecule has 0 radical (unpaired) electrons. The molecule has 0 spiro atoms. The zero-order valence-corrected chi connectivity index (χ0v) is 10.2. The normalized spacial score (nSPS) is 11.3. The van der Waals surface area contributed by atoms with E-state index in [2.05, 4.69) is 18.0 Å². The number of nitrogens with one attached hydrogen (secondary N) is 1. The van der Waals surface area contributed by atoms with Crippen molar-refractivity contribution >= 4 is 16.7 Å². The minimum atomic E-state index is 0.0400. The van der Waals surface area contributed by atoms with E-state index in [1.165, 1.54) is 5.56 Å². The predicted molar refractivity (Wildman–Crippen MR) is 66.9 cm³/mol. The van der Waals surface area contributed by atoms with Crippen LogP contribution in [0.3, 0.4) is 0 Å². The molecule has 0 bridgehead atoms. The Morgan fingerprint density at radius 1 is 1.25 bits per heavy atom. The largest absolute Gasteiger partial charge is 0.358 e. The summed E-state index contributed by atoms with van der Waals surface area (Å²) >= 11 is 0. The fourth-order valence-electron chi connectivity index (χ4n) is 2.10. The maximum atomic E-state index is 12.1. The standard InChI is InChI=1S/C14H17NO/c1-8(2)14(16)12-10(4)15-13-9(3)6-5-7-11(12)13/h5-8,15H,1-4H3. The van der Waals surface area contributed by atoms with E-state index in [9.17, 15) is 4.79 Å². The molecule has 1 N–H and O–H groups in total. The zero-order valence-electron chi connectivity index (χ0n) is 10.2. The molecule has 16 heavy (non-hydrogen) atoms. The molecule has 2 aromatic rings. The smallest absolute Gasteiger partial charge is 0.167 e. The van der Waals surface area contributed by atoms with Crippen molar-refractivity contribution in [3.63, 3.8) is 0 Å². The molecule has 1 aromatic carbocycles. The number of H-pyrrole nitrogens is 1. The molecule has 1 aromatic heterocycles. The minimum Gasteiger partial charge on any atom is -0.358 e. The van der Waals surface area contributed by atoms with Crippen LogP contribution in [-0.2, 0) is 0 Å². The van der Waals surface area contributed by atoms with Crippen LogP contribution in [0.25, 0.3) is 10.9 Å². The van der Waals surface area contributed by atoms with Gasteiger partial charge in [0.25, 0.3) is 0 Å². The molecular weight excluding hydrogens is 198 g/mol. The zero-order chi connectivity index (χ0) is 11.9. The first-order valence-corrected chi connectivity index (χ1v) is 5.64. The minimum absolute atomic E-state index is 0.0400. The van der Waals surface area contributed by atoms with E-state index in [0.29, 0.717) is 0 Å². The summed E-state index contributed by atoms with van der Waals surface area (Å²) < 4.78 is 0. The molecule has 84 valence electrons. The topological polar surface area (TPSA) is 32.9 Å². The second kappa shape index (κ2) is 3.78. The molecule has 0 fully saturated rings. The Hall–Kier alpha value is -1.57. The second-order valence-corrected chi connectivity index (χ2v) is 4.64. The van der Waals surface area contributed by atoms with Crippen LogP contribution in [0.15, 0.2) is 18.2 Å². The monoisotopic (exact) mass is 215 g/mol. The fourth-order valence-corrected chi connectivity index (χ4v) is 2.10. The highest BCUT2D eigenvalue weighted by Gasteiger charge is 2.18. The number of Topliss-reactive ketones (excluding diaryl/α,β-unsaturated/α-hetero) is 1. The van der Waals surface area contributed by atoms with E-state index in [4.69, 9.17) is 0 Å². The summed E-state index contributed by atoms with van der Waals surface area (Å²) in [6.07, 6.45) is 0. The third-order valence-electron chi connectivity index (χ3n) is 3.00. The highest BCUT2D eigenvalue weighted by Crippen LogP contribution is 2.26. The quantitative estimate of drug-likeness (QED) is 0.762. The summed E-state index contributed by atoms with van der Waals surface area (Å²) in [7, 11) is 0. The first-order valence-electron chi connectivity index (χ1n) is 5.64. The van der Waals surface area contributed by atoms with Crippen LogP contribution >= 0.6 is 0 Å². The average Bonchev–Trinajstić information content (AvgIpc) is 2.55. The molecule has 0 aliphatic rings. The lowest BCUT2D eigenvalue weighted by atomic mass is 9.98. The maximum absolute atomic E-state index is 12.1. The van der Waals surface area contributed by atoms with E-state index in [1.54, 1.807) is 0 Å². The Morgan fingerprint density at radius 3 is 2.56 bits per heavy atom. The lowest BCUT2D eigenvalue weighted by Crippen LogP contribution is -2.08. The van der Waals surface area contributed by atoms with Gasteiger partial charge in [0.15, 0.2) is 5.78 Å². The molecule has 0 aliphatic heterocycles. The molecule has 2 heteroatoms. The fraction of sp³-hybridized carbons (Fsp3) is 0.357. The summed E-state index contributed by atoms with van der Waals surface area (Å²) in [5, 5.41) is 1.05. The lowest BCUT2D eigenvalue weighted by molar-refractivity contribution is 0.0940. The number of aromatic nitrogens is 1. The van der Waals surface area contributed by atoms with Gasteiger partial charge in [0.1, 0.15) is 0 Å². The summed E-state index contributed by atoms with van der Waals surface area (Å²) in [5.41, 5.74) is 4.10. The third kappa shape index (κ3) is 1.54. The summed E-state index contributed by atoms with van der Waals surface area (Å²) in [6.45, 7) is 7.91. The van der Waals surface area contributed by atoms with Gasteiger partial charge in [-0.3, -0.25) is 4.79 Å². The first-order chi connectivity index (χ1) is 7.52. The van der Waals surface area contributed by atoms with E-state index >= 15 is 0 Å². The number of aryl methyl sites for hydroxylation is 2. The van der Waals surface area contributed by atoms with E-state index in [0.717, 1.165) is 22.2 Å². The van der Waals surface area contributed by atoms with E-state index < -0.39 is 0 Å². The van der Waals surface area contributed by atoms with Gasteiger partial charge in [-0.15, -0.1) is 0 Å². The van der Waals surface area contributed by atoms with Gasteiger partial charge in [-0.05, 0) is 19.4 Å². The van der Waals surface area contributed by atoms with Crippen LogP contribution in [0.1, 0.15) is 35.5 Å². The van der Waals surface area contributed by atoms with Gasteiger partial charge in [0.05, 0.1) is 0 Å². The SMILES string of the molecule is Cc1[nH]c2c(C)cccc2c1C(=O)C(C)C. The number of hydrogen-bond donors (Lipinski definition) is 1. The number of ketones is 1. The van der Waals surface area contributed by atoms with Crippen LogP contribution in [0.5, 0.6) is 0 Å². The van der Waals surface area contributed by atoms with Crippen LogP contribution in [0.4, 0.5) is 0 Å². The molecule has 2 nitrogen and oxygen atoms in total. The van der Waals surface area contributed by atoms with Gasteiger partial charge in [-0.25, -0.2) is 0 Å². The first kappa shape index (κ1) is 10.9. The Bertz CT molecular complexity index is 549. The molecule has 2 rings (SSSR count). The molecule has 0 unspecified atom stereocenters. The number of rotatable bonds is 2. The Labute approximate surface area is 95.7 Å². The molecule has 0 amide bonds. The Kier molecular flexibility index (Phi) is 2.58. The van der Waals surface area contributed by atoms with Crippen molar-refractivity contribution in [2.24, 2.45) is 5.92 Å². The van der Waals surface area contributed by atoms with Crippen molar-refractivity contribution < 1.29 is 4.79 Å². The van der Waals surface area contributed by atoms with Gasteiger partial charge in [0, 0.05) is 28.1 Å². The van der Waals surface area contributed by atoms with Gasteiger partial charge < -0.3 is 4.98 Å². The summed E-state index contributed by atoms with van der Waals surface area (Å²) in [6, 6.07) is 6.07. The highest BCUT2D eigenvalue weighted by molar-refractivity contribution is 6.10. The van der Waals surface area contributed by atoms with Gasteiger partial charge in [-0.1, -0.05) is 32.0 Å². The van der Waals surface area contributed by atoms with Crippen molar-refractivity contribution in [1.29, 1.82) is 0 Å². The predicted octanol–water partition coefficient (Wildman–Crippen LogP) is 3.62. The van der Waals surface area contributed by atoms with Crippen LogP contribution < -0.4 is 0 Å². The number of para-hydroxylation sites is 1. The van der Waals surface area contributed by atoms with Crippen molar-refractivity contribution in [2.45, 2.75) is 27.7 Å². The van der Waals surface area contributed by atoms with E-state index in [1.807, 2.05) is 32.9 Å². The van der Waals surface area contributed by atoms with Crippen LogP contribution in [0, 0.1) is 19.8 Å². The van der Waals surface area contributed by atoms with Gasteiger partial charge in [0.2, 0.25) is 0 Å². The van der Waals surface area contributed by atoms with Crippen molar-refractivity contribution in [3.05, 3.63) is 35.0 Å². The van der Waals surface area contributed by atoms with Crippen molar-refractivity contribution in [3.8, 4) is 0 Å². The molecule has 0 atom stereocenters. The van der Waals surface area contributed by atoms with Gasteiger partial charge >= 0.3 is 0 Å². The Balaban J connectivity index is 2.75. The second-order valence-electron chi connectivity index (χ2n) is 4.64. The molecule has 0 saturated carbocycles.